The summed E-state index contributed by atoms with van der Waals surface area (Å²) in [6.07, 6.45) is 8.23. The van der Waals surface area contributed by atoms with Gasteiger partial charge in [-0.2, -0.15) is 0 Å². The van der Waals surface area contributed by atoms with Crippen molar-refractivity contribution < 1.29 is 14.3 Å². The van der Waals surface area contributed by atoms with E-state index in [-0.39, 0.29) is 22.5 Å². The Labute approximate surface area is 256 Å². The number of ether oxygens (including phenoxy) is 1. The molecule has 4 nitrogen and oxygen atoms in total. The molecule has 2 aliphatic carbocycles. The predicted octanol–water partition coefficient (Wildman–Crippen LogP) is 9.57. The van der Waals surface area contributed by atoms with Crippen LogP contribution in [0.2, 0.25) is 18.1 Å². The zero-order chi connectivity index (χ0) is 30.7. The van der Waals surface area contributed by atoms with Crippen LogP contribution in [0.3, 0.4) is 0 Å². The molecule has 0 saturated heterocycles. The second-order valence-corrected chi connectivity index (χ2v) is 21.0. The zero-order valence-electron chi connectivity index (χ0n) is 28.0. The number of hydrogen-bond donors (Lipinski definition) is 1. The van der Waals surface area contributed by atoms with Crippen LogP contribution in [0, 0.1) is 5.41 Å². The molecule has 0 bridgehead atoms. The Morgan fingerprint density at radius 2 is 1.71 bits per heavy atom. The summed E-state index contributed by atoms with van der Waals surface area (Å²) in [4.78, 5) is 5.51. The van der Waals surface area contributed by atoms with Gasteiger partial charge in [0.25, 0.3) is 0 Å². The van der Waals surface area contributed by atoms with Crippen LogP contribution in [0.1, 0.15) is 145 Å². The molecule has 1 saturated carbocycles. The SMILES string of the molecule is CC(C)c1nc2c(c(C3=CCOCC3)c1C(O)c1ccc(C(C)(C)C)cc1)[C@@H](O[Si](C)(C)C(C)(C)C)CC1(CCC1)C2. The van der Waals surface area contributed by atoms with E-state index in [1.54, 1.807) is 0 Å². The molecular formula is C37H55NO3Si. The van der Waals surface area contributed by atoms with Crippen LogP contribution in [-0.4, -0.2) is 31.6 Å². The van der Waals surface area contributed by atoms with E-state index in [0.29, 0.717) is 18.6 Å². The monoisotopic (exact) mass is 589 g/mol. The fourth-order valence-electron chi connectivity index (χ4n) is 6.93. The van der Waals surface area contributed by atoms with E-state index in [2.05, 4.69) is 98.8 Å². The summed E-state index contributed by atoms with van der Waals surface area (Å²) in [5.41, 5.74) is 9.54. The summed E-state index contributed by atoms with van der Waals surface area (Å²) in [5.74, 6) is 0.187. The number of fused-ring (bicyclic) bond motifs is 1. The van der Waals surface area contributed by atoms with E-state index in [0.717, 1.165) is 36.1 Å². The lowest BCUT2D eigenvalue weighted by atomic mass is 9.59. The smallest absolute Gasteiger partial charge is 0.192 e. The molecule has 1 aromatic heterocycles. The maximum absolute atomic E-state index is 12.3. The molecule has 1 aliphatic heterocycles. The zero-order valence-corrected chi connectivity index (χ0v) is 29.0. The van der Waals surface area contributed by atoms with Gasteiger partial charge in [-0.05, 0) is 89.2 Å². The highest BCUT2D eigenvalue weighted by molar-refractivity contribution is 6.74. The first kappa shape index (κ1) is 31.6. The average molecular weight is 590 g/mol. The van der Waals surface area contributed by atoms with Gasteiger partial charge in [0.05, 0.1) is 19.3 Å². The molecule has 2 aromatic rings. The number of benzene rings is 1. The van der Waals surface area contributed by atoms with Crippen molar-refractivity contribution in [3.8, 4) is 0 Å². The first-order valence-electron chi connectivity index (χ1n) is 16.3. The van der Waals surface area contributed by atoms with Gasteiger partial charge in [-0.3, -0.25) is 4.98 Å². The van der Waals surface area contributed by atoms with Crippen molar-refractivity contribution in [3.05, 3.63) is 69.5 Å². The molecule has 230 valence electrons. The number of aromatic nitrogens is 1. The predicted molar refractivity (Wildman–Crippen MR) is 177 cm³/mol. The Kier molecular flexibility index (Phi) is 8.50. The van der Waals surface area contributed by atoms with Gasteiger partial charge in [0, 0.05) is 22.5 Å². The van der Waals surface area contributed by atoms with Crippen LogP contribution in [-0.2, 0) is 21.0 Å². The quantitative estimate of drug-likeness (QED) is 0.341. The minimum absolute atomic E-state index is 0.00313. The van der Waals surface area contributed by atoms with Gasteiger partial charge in [0.15, 0.2) is 8.32 Å². The van der Waals surface area contributed by atoms with Crippen LogP contribution >= 0.6 is 0 Å². The highest BCUT2D eigenvalue weighted by atomic mass is 28.4. The number of aliphatic hydroxyl groups excluding tert-OH is 1. The molecule has 0 amide bonds. The topological polar surface area (TPSA) is 51.6 Å². The molecule has 1 spiro atoms. The maximum atomic E-state index is 12.3. The van der Waals surface area contributed by atoms with Gasteiger partial charge in [-0.15, -0.1) is 0 Å². The number of nitrogens with zero attached hydrogens (tertiary/aromatic N) is 1. The van der Waals surface area contributed by atoms with E-state index >= 15 is 0 Å². The molecule has 42 heavy (non-hydrogen) atoms. The van der Waals surface area contributed by atoms with Crippen LogP contribution in [0.15, 0.2) is 30.3 Å². The second-order valence-electron chi connectivity index (χ2n) is 16.2. The Bertz CT molecular complexity index is 1320. The van der Waals surface area contributed by atoms with E-state index in [9.17, 15) is 5.11 Å². The van der Waals surface area contributed by atoms with Gasteiger partial charge in [-0.25, -0.2) is 0 Å². The lowest BCUT2D eigenvalue weighted by Crippen LogP contribution is -2.46. The average Bonchev–Trinajstić information content (AvgIpc) is 2.89. The summed E-state index contributed by atoms with van der Waals surface area (Å²) in [6.45, 7) is 24.2. The van der Waals surface area contributed by atoms with Crippen molar-refractivity contribution in [2.24, 2.45) is 5.41 Å². The molecule has 1 aromatic carbocycles. The van der Waals surface area contributed by atoms with Crippen molar-refractivity contribution in [2.45, 2.75) is 136 Å². The molecule has 1 unspecified atom stereocenters. The third-order valence-corrected chi connectivity index (χ3v) is 15.2. The van der Waals surface area contributed by atoms with Gasteiger partial charge < -0.3 is 14.3 Å². The van der Waals surface area contributed by atoms with Crippen LogP contribution in [0.4, 0.5) is 0 Å². The Morgan fingerprint density at radius 1 is 1.05 bits per heavy atom. The number of aliphatic hydroxyl groups is 1. The van der Waals surface area contributed by atoms with Crippen molar-refractivity contribution in [1.82, 2.24) is 4.98 Å². The largest absolute Gasteiger partial charge is 0.410 e. The normalized spacial score (nSPS) is 21.6. The molecule has 1 N–H and O–H groups in total. The third-order valence-electron chi connectivity index (χ3n) is 10.7. The third kappa shape index (κ3) is 5.96. The molecular weight excluding hydrogens is 534 g/mol. The van der Waals surface area contributed by atoms with Gasteiger partial charge in [0.1, 0.15) is 6.10 Å². The van der Waals surface area contributed by atoms with E-state index < -0.39 is 14.4 Å². The molecule has 1 fully saturated rings. The lowest BCUT2D eigenvalue weighted by Gasteiger charge is -2.51. The standard InChI is InChI=1S/C37H55NO3Si/c1-24(2)33-32(34(39)26-12-14-27(15-13-26)35(3,4)5)30(25-16-20-40-21-17-25)31-28(38-33)22-37(18-11-19-37)23-29(31)41-42(9,10)36(6,7)8/h12-16,24,29,34,39H,11,17-23H2,1-10H3/t29-,34?/m0/s1. The first-order valence-corrected chi connectivity index (χ1v) is 19.2. The van der Waals surface area contributed by atoms with E-state index in [1.807, 2.05) is 0 Å². The highest BCUT2D eigenvalue weighted by Gasteiger charge is 2.49. The van der Waals surface area contributed by atoms with Crippen molar-refractivity contribution in [2.75, 3.05) is 13.2 Å². The van der Waals surface area contributed by atoms with Crippen molar-refractivity contribution in [1.29, 1.82) is 0 Å². The Morgan fingerprint density at radius 3 is 2.21 bits per heavy atom. The summed E-state index contributed by atoms with van der Waals surface area (Å²) in [6, 6.07) is 8.58. The molecule has 3 aliphatic rings. The molecule has 2 atom stereocenters. The lowest BCUT2D eigenvalue weighted by molar-refractivity contribution is 0.0296. The van der Waals surface area contributed by atoms with Gasteiger partial charge in [0.2, 0.25) is 0 Å². The Balaban J connectivity index is 1.75. The maximum Gasteiger partial charge on any atom is 0.192 e. The van der Waals surface area contributed by atoms with Gasteiger partial charge in [-0.1, -0.05) is 92.2 Å². The summed E-state index contributed by atoms with van der Waals surface area (Å²) >= 11 is 0. The minimum Gasteiger partial charge on any atom is -0.410 e. The molecule has 5 rings (SSSR count). The summed E-state index contributed by atoms with van der Waals surface area (Å²) in [7, 11) is -2.09. The highest BCUT2D eigenvalue weighted by Crippen LogP contribution is 2.57. The first-order chi connectivity index (χ1) is 19.5. The second kappa shape index (κ2) is 11.3. The molecule has 2 heterocycles. The van der Waals surface area contributed by atoms with Crippen LogP contribution in [0.5, 0.6) is 0 Å². The fourth-order valence-corrected chi connectivity index (χ4v) is 8.19. The van der Waals surface area contributed by atoms with Gasteiger partial charge >= 0.3 is 0 Å². The molecule has 0 radical (unpaired) electrons. The number of hydrogen-bond acceptors (Lipinski definition) is 4. The van der Waals surface area contributed by atoms with E-state index in [4.69, 9.17) is 14.1 Å². The summed E-state index contributed by atoms with van der Waals surface area (Å²) < 4.78 is 13.2. The van der Waals surface area contributed by atoms with Crippen molar-refractivity contribution in [3.63, 3.8) is 0 Å². The molecule has 5 heteroatoms. The summed E-state index contributed by atoms with van der Waals surface area (Å²) in [5, 5.41) is 12.4. The number of rotatable bonds is 6. The van der Waals surface area contributed by atoms with Crippen molar-refractivity contribution >= 4 is 13.9 Å². The minimum atomic E-state index is -2.09. The Hall–Kier alpha value is -1.79. The van der Waals surface area contributed by atoms with E-state index in [1.165, 1.54) is 47.2 Å². The number of pyridine rings is 1. The van der Waals surface area contributed by atoms with Crippen LogP contribution < -0.4 is 0 Å². The fraction of sp³-hybridized carbons (Fsp3) is 0.649. The van der Waals surface area contributed by atoms with Crippen LogP contribution in [0.25, 0.3) is 5.57 Å².